The second-order valence-corrected chi connectivity index (χ2v) is 7.59. The molecule has 0 aliphatic carbocycles. The Morgan fingerprint density at radius 1 is 0.958 bits per heavy atom. The predicted molar refractivity (Wildman–Crippen MR) is 107 cm³/mol. The molecule has 1 unspecified atom stereocenters. The molecule has 0 aromatic rings. The summed E-state index contributed by atoms with van der Waals surface area (Å²) in [5, 5.41) is 10.3. The summed E-state index contributed by atoms with van der Waals surface area (Å²) < 4.78 is 0. The van der Waals surface area contributed by atoms with Gasteiger partial charge < -0.3 is 5.11 Å². The third-order valence-electron chi connectivity index (χ3n) is 4.55. The number of aliphatic imine (C=N–C) groups is 1. The van der Waals surface area contributed by atoms with E-state index in [2.05, 4.69) is 45.9 Å². The molecule has 2 nitrogen and oxygen atoms in total. The first-order chi connectivity index (χ1) is 11.4. The molecule has 2 heteroatoms. The number of hydrogen-bond donors (Lipinski definition) is 1. The highest BCUT2D eigenvalue weighted by Crippen LogP contribution is 2.22. The summed E-state index contributed by atoms with van der Waals surface area (Å²) in [5.41, 5.74) is 4.67. The number of hydrogen-bond acceptors (Lipinski definition) is 2. The van der Waals surface area contributed by atoms with Gasteiger partial charge in [0, 0.05) is 5.71 Å². The number of rotatable bonds is 9. The Morgan fingerprint density at radius 3 is 2.33 bits per heavy atom. The maximum Gasteiger partial charge on any atom is 0.0619 e. The molecule has 1 N–H and O–H groups in total. The smallest absolute Gasteiger partial charge is 0.0619 e. The van der Waals surface area contributed by atoms with Crippen molar-refractivity contribution in [3.63, 3.8) is 0 Å². The molecule has 1 atom stereocenters. The molecule has 1 heterocycles. The quantitative estimate of drug-likeness (QED) is 0.538. The molecule has 0 radical (unpaired) electrons. The summed E-state index contributed by atoms with van der Waals surface area (Å²) in [7, 11) is 0. The summed E-state index contributed by atoms with van der Waals surface area (Å²) in [6, 6.07) is 0. The number of nitrogens with zero attached hydrogens (tertiary/aromatic N) is 1. The molecule has 0 saturated carbocycles. The fourth-order valence-corrected chi connectivity index (χ4v) is 3.34. The third kappa shape index (κ3) is 8.63. The predicted octanol–water partition coefficient (Wildman–Crippen LogP) is 6.17. The lowest BCUT2D eigenvalue weighted by atomic mass is 9.92. The van der Waals surface area contributed by atoms with Gasteiger partial charge in [-0.1, -0.05) is 44.4 Å². The molecular weight excluding hydrogens is 294 g/mol. The molecular formula is C22H37NO. The van der Waals surface area contributed by atoms with Crippen molar-refractivity contribution >= 4 is 5.71 Å². The largest absolute Gasteiger partial charge is 0.390 e. The second-order valence-electron chi connectivity index (χ2n) is 7.59. The lowest BCUT2D eigenvalue weighted by Gasteiger charge is -2.22. The first-order valence-corrected chi connectivity index (χ1v) is 9.68. The van der Waals surface area contributed by atoms with Crippen molar-refractivity contribution < 1.29 is 5.11 Å². The van der Waals surface area contributed by atoms with Gasteiger partial charge in [-0.15, -0.1) is 0 Å². The van der Waals surface area contributed by atoms with Gasteiger partial charge >= 0.3 is 0 Å². The van der Waals surface area contributed by atoms with Crippen LogP contribution in [0.15, 0.2) is 39.9 Å². The van der Waals surface area contributed by atoms with E-state index in [1.807, 2.05) is 6.92 Å². The second kappa shape index (κ2) is 10.7. The molecule has 0 aromatic heterocycles. The fourth-order valence-electron chi connectivity index (χ4n) is 3.34. The van der Waals surface area contributed by atoms with Crippen LogP contribution in [0, 0.1) is 0 Å². The minimum atomic E-state index is -0.521. The molecule has 0 saturated heterocycles. The first-order valence-electron chi connectivity index (χ1n) is 9.68. The van der Waals surface area contributed by atoms with Crippen molar-refractivity contribution in [1.29, 1.82) is 0 Å². The van der Waals surface area contributed by atoms with E-state index in [1.54, 1.807) is 0 Å². The average Bonchev–Trinajstić information content (AvgIpc) is 2.54. The van der Waals surface area contributed by atoms with E-state index in [0.29, 0.717) is 0 Å². The van der Waals surface area contributed by atoms with Crippen LogP contribution in [-0.2, 0) is 0 Å². The summed E-state index contributed by atoms with van der Waals surface area (Å²) in [6.45, 7) is 11.4. The molecule has 1 aliphatic rings. The molecule has 136 valence electrons. The van der Waals surface area contributed by atoms with Crippen LogP contribution in [0.4, 0.5) is 0 Å². The van der Waals surface area contributed by atoms with Crippen LogP contribution in [-0.4, -0.2) is 23.0 Å². The zero-order chi connectivity index (χ0) is 18.0. The molecule has 0 aromatic carbocycles. The van der Waals surface area contributed by atoms with Gasteiger partial charge in [0.15, 0.2) is 0 Å². The van der Waals surface area contributed by atoms with E-state index in [9.17, 15) is 5.11 Å². The third-order valence-corrected chi connectivity index (χ3v) is 4.55. The number of aliphatic hydroxyl groups is 1. The van der Waals surface area contributed by atoms with Gasteiger partial charge in [0.05, 0.1) is 12.1 Å². The highest BCUT2D eigenvalue weighted by atomic mass is 16.3. The van der Waals surface area contributed by atoms with Crippen LogP contribution >= 0.6 is 0 Å². The van der Waals surface area contributed by atoms with E-state index in [0.717, 1.165) is 45.1 Å². The lowest BCUT2D eigenvalue weighted by Crippen LogP contribution is -2.23. The topological polar surface area (TPSA) is 32.6 Å². The zero-order valence-corrected chi connectivity index (χ0v) is 16.5. The highest BCUT2D eigenvalue weighted by molar-refractivity contribution is 5.96. The van der Waals surface area contributed by atoms with Gasteiger partial charge in [0.2, 0.25) is 0 Å². The maximum absolute atomic E-state index is 10.3. The summed E-state index contributed by atoms with van der Waals surface area (Å²) in [4.78, 5) is 4.87. The molecule has 1 rings (SSSR count). The fraction of sp³-hybridized carbons (Fsp3) is 0.682. The van der Waals surface area contributed by atoms with Crippen molar-refractivity contribution in [3.05, 3.63) is 34.9 Å². The Kier molecular flexibility index (Phi) is 9.28. The summed E-state index contributed by atoms with van der Waals surface area (Å²) in [6.07, 6.45) is 15.1. The van der Waals surface area contributed by atoms with Gasteiger partial charge in [0.25, 0.3) is 0 Å². The van der Waals surface area contributed by atoms with Crippen LogP contribution in [0.2, 0.25) is 0 Å². The van der Waals surface area contributed by atoms with E-state index in [1.165, 1.54) is 35.3 Å². The van der Waals surface area contributed by atoms with Gasteiger partial charge in [-0.05, 0) is 76.5 Å². The van der Waals surface area contributed by atoms with Crippen LogP contribution in [0.3, 0.4) is 0 Å². The van der Waals surface area contributed by atoms with Gasteiger partial charge in [-0.25, -0.2) is 0 Å². The standard InChI is InChI=1S/C22H37NO/c1-6-8-11-21-16-19(4)14-18(3)15-20(17-23-21)10-9-13-22(5,24)12-7-2/h14-16,24H,6-13,17H2,1-5H3/b18-14+,19-16?,20-15-,23-21?. The highest BCUT2D eigenvalue weighted by Gasteiger charge is 2.18. The molecule has 1 aliphatic heterocycles. The van der Waals surface area contributed by atoms with E-state index < -0.39 is 5.60 Å². The Hall–Kier alpha value is -1.15. The lowest BCUT2D eigenvalue weighted by molar-refractivity contribution is 0.0393. The van der Waals surface area contributed by atoms with Crippen molar-refractivity contribution in [2.24, 2.45) is 4.99 Å². The normalized spacial score (nSPS) is 22.8. The Balaban J connectivity index is 2.74. The minimum absolute atomic E-state index is 0.521. The van der Waals surface area contributed by atoms with Gasteiger partial charge in [-0.3, -0.25) is 4.99 Å². The van der Waals surface area contributed by atoms with E-state index in [-0.39, 0.29) is 0 Å². The molecule has 24 heavy (non-hydrogen) atoms. The van der Waals surface area contributed by atoms with Gasteiger partial charge in [0.1, 0.15) is 0 Å². The summed E-state index contributed by atoms with van der Waals surface area (Å²) in [5.74, 6) is 0. The molecule has 0 amide bonds. The van der Waals surface area contributed by atoms with Crippen molar-refractivity contribution in [2.75, 3.05) is 6.54 Å². The van der Waals surface area contributed by atoms with Crippen LogP contribution in [0.1, 0.15) is 86.0 Å². The Bertz CT molecular complexity index is 506. The monoisotopic (exact) mass is 331 g/mol. The minimum Gasteiger partial charge on any atom is -0.390 e. The van der Waals surface area contributed by atoms with E-state index >= 15 is 0 Å². The first kappa shape index (κ1) is 20.9. The summed E-state index contributed by atoms with van der Waals surface area (Å²) >= 11 is 0. The number of unbranched alkanes of at least 4 members (excludes halogenated alkanes) is 1. The van der Waals surface area contributed by atoms with E-state index in [4.69, 9.17) is 4.99 Å². The molecule has 0 spiro atoms. The van der Waals surface area contributed by atoms with Gasteiger partial charge in [-0.2, -0.15) is 0 Å². The van der Waals surface area contributed by atoms with Crippen LogP contribution in [0.25, 0.3) is 0 Å². The average molecular weight is 332 g/mol. The van der Waals surface area contributed by atoms with Crippen molar-refractivity contribution in [3.8, 4) is 0 Å². The van der Waals surface area contributed by atoms with Crippen molar-refractivity contribution in [1.82, 2.24) is 0 Å². The number of allylic oxidation sites excluding steroid dienone is 5. The Morgan fingerprint density at radius 2 is 1.67 bits per heavy atom. The molecule has 0 fully saturated rings. The maximum atomic E-state index is 10.3. The van der Waals surface area contributed by atoms with Crippen LogP contribution in [0.5, 0.6) is 0 Å². The zero-order valence-electron chi connectivity index (χ0n) is 16.5. The van der Waals surface area contributed by atoms with Crippen molar-refractivity contribution in [2.45, 2.75) is 91.6 Å². The molecule has 0 bridgehead atoms. The Labute approximate surface area is 149 Å². The van der Waals surface area contributed by atoms with Crippen LogP contribution < -0.4 is 0 Å². The SMILES string of the molecule is CCCCC1=NC/C(CCCC(C)(O)CCC)=C\C(C)=C\C(C)=C1.